The van der Waals surface area contributed by atoms with E-state index in [-0.39, 0.29) is 6.04 Å². The van der Waals surface area contributed by atoms with Gasteiger partial charge in [-0.3, -0.25) is 0 Å². The minimum absolute atomic E-state index is 0.228. The third kappa shape index (κ3) is 2.98. The number of nitrogens with zero attached hydrogens (tertiary/aromatic N) is 2. The quantitative estimate of drug-likeness (QED) is 0.900. The van der Waals surface area contributed by atoms with Gasteiger partial charge in [-0.05, 0) is 20.0 Å². The van der Waals surface area contributed by atoms with Gasteiger partial charge in [0.05, 0.1) is 0 Å². The van der Waals surface area contributed by atoms with Crippen molar-refractivity contribution in [1.29, 1.82) is 0 Å². The standard InChI is InChI=1S/C14H17F2N3/c1-3-19-7-6-18-14(19)9-13(17-2)11-5-4-10(15)8-12(11)16/h4-8,13,17H,3,9H2,1-2H3. The molecule has 102 valence electrons. The molecule has 1 aromatic carbocycles. The van der Waals surface area contributed by atoms with Gasteiger partial charge in [0.2, 0.25) is 0 Å². The van der Waals surface area contributed by atoms with Crippen LogP contribution >= 0.6 is 0 Å². The summed E-state index contributed by atoms with van der Waals surface area (Å²) in [5, 5.41) is 3.05. The van der Waals surface area contributed by atoms with E-state index in [0.29, 0.717) is 12.0 Å². The van der Waals surface area contributed by atoms with E-state index in [2.05, 4.69) is 10.3 Å². The lowest BCUT2D eigenvalue weighted by Crippen LogP contribution is -2.22. The Morgan fingerprint density at radius 2 is 2.16 bits per heavy atom. The number of likely N-dealkylation sites (N-methyl/N-ethyl adjacent to an activating group) is 1. The number of hydrogen-bond acceptors (Lipinski definition) is 2. The Balaban J connectivity index is 2.25. The summed E-state index contributed by atoms with van der Waals surface area (Å²) < 4.78 is 28.7. The van der Waals surface area contributed by atoms with Crippen LogP contribution in [-0.2, 0) is 13.0 Å². The molecule has 2 aromatic rings. The molecule has 19 heavy (non-hydrogen) atoms. The van der Waals surface area contributed by atoms with E-state index in [1.165, 1.54) is 12.1 Å². The lowest BCUT2D eigenvalue weighted by molar-refractivity contribution is 0.506. The SMILES string of the molecule is CCn1ccnc1CC(NC)c1ccc(F)cc1F. The van der Waals surface area contributed by atoms with E-state index in [1.807, 2.05) is 17.7 Å². The van der Waals surface area contributed by atoms with Crippen LogP contribution in [0.3, 0.4) is 0 Å². The summed E-state index contributed by atoms with van der Waals surface area (Å²) in [6.45, 7) is 2.84. The van der Waals surface area contributed by atoms with Crippen molar-refractivity contribution in [3.05, 3.63) is 53.6 Å². The largest absolute Gasteiger partial charge is 0.335 e. The highest BCUT2D eigenvalue weighted by atomic mass is 19.1. The second kappa shape index (κ2) is 5.93. The maximum atomic E-state index is 13.8. The van der Waals surface area contributed by atoms with Crippen LogP contribution in [0.5, 0.6) is 0 Å². The number of halogens is 2. The number of aromatic nitrogens is 2. The number of rotatable bonds is 5. The molecule has 0 aliphatic heterocycles. The molecular formula is C14H17F2N3. The predicted molar refractivity (Wildman–Crippen MR) is 69.8 cm³/mol. The lowest BCUT2D eigenvalue weighted by atomic mass is 10.0. The Labute approximate surface area is 111 Å². The maximum absolute atomic E-state index is 13.8. The zero-order chi connectivity index (χ0) is 13.8. The summed E-state index contributed by atoms with van der Waals surface area (Å²) >= 11 is 0. The first-order chi connectivity index (χ1) is 9.15. The Hall–Kier alpha value is -1.75. The molecule has 1 heterocycles. The molecule has 5 heteroatoms. The Morgan fingerprint density at radius 1 is 1.37 bits per heavy atom. The van der Waals surface area contributed by atoms with E-state index in [4.69, 9.17) is 0 Å². The van der Waals surface area contributed by atoms with Crippen LogP contribution in [0.1, 0.15) is 24.4 Å². The number of nitrogens with one attached hydrogen (secondary N) is 1. The maximum Gasteiger partial charge on any atom is 0.130 e. The fraction of sp³-hybridized carbons (Fsp3) is 0.357. The van der Waals surface area contributed by atoms with E-state index >= 15 is 0 Å². The van der Waals surface area contributed by atoms with Gasteiger partial charge in [0, 0.05) is 43.0 Å². The van der Waals surface area contributed by atoms with Crippen LogP contribution in [0.15, 0.2) is 30.6 Å². The Morgan fingerprint density at radius 3 is 2.79 bits per heavy atom. The molecule has 0 fully saturated rings. The fourth-order valence-electron chi connectivity index (χ4n) is 2.15. The molecule has 1 unspecified atom stereocenters. The highest BCUT2D eigenvalue weighted by Gasteiger charge is 2.17. The van der Waals surface area contributed by atoms with Crippen molar-refractivity contribution in [2.75, 3.05) is 7.05 Å². The van der Waals surface area contributed by atoms with Crippen LogP contribution in [0.25, 0.3) is 0 Å². The van der Waals surface area contributed by atoms with E-state index in [9.17, 15) is 8.78 Å². The monoisotopic (exact) mass is 265 g/mol. The molecule has 0 saturated carbocycles. The molecule has 3 nitrogen and oxygen atoms in total. The predicted octanol–water partition coefficient (Wildman–Crippen LogP) is 2.68. The number of aryl methyl sites for hydroxylation is 1. The molecule has 0 saturated heterocycles. The Bertz CT molecular complexity index is 551. The van der Waals surface area contributed by atoms with Crippen LogP contribution < -0.4 is 5.32 Å². The first-order valence-electron chi connectivity index (χ1n) is 6.28. The van der Waals surface area contributed by atoms with Crippen LogP contribution in [0, 0.1) is 11.6 Å². The van der Waals surface area contributed by atoms with Gasteiger partial charge in [-0.25, -0.2) is 13.8 Å². The van der Waals surface area contributed by atoms with Crippen LogP contribution in [0.2, 0.25) is 0 Å². The van der Waals surface area contributed by atoms with Crippen molar-refractivity contribution in [2.24, 2.45) is 0 Å². The first-order valence-corrected chi connectivity index (χ1v) is 6.28. The molecule has 2 rings (SSSR count). The van der Waals surface area contributed by atoms with Crippen LogP contribution in [-0.4, -0.2) is 16.6 Å². The molecule has 1 atom stereocenters. The number of imidazole rings is 1. The third-order valence-electron chi connectivity index (χ3n) is 3.22. The first kappa shape index (κ1) is 13.7. The number of benzene rings is 1. The average Bonchev–Trinajstić information content (AvgIpc) is 2.84. The summed E-state index contributed by atoms with van der Waals surface area (Å²) in [5.41, 5.74) is 0.453. The topological polar surface area (TPSA) is 29.9 Å². The summed E-state index contributed by atoms with van der Waals surface area (Å²) in [6, 6.07) is 3.43. The van der Waals surface area contributed by atoms with Gasteiger partial charge in [0.25, 0.3) is 0 Å². The minimum Gasteiger partial charge on any atom is -0.335 e. The molecule has 1 N–H and O–H groups in total. The summed E-state index contributed by atoms with van der Waals surface area (Å²) in [7, 11) is 1.76. The summed E-state index contributed by atoms with van der Waals surface area (Å²) in [6.07, 6.45) is 4.18. The smallest absolute Gasteiger partial charge is 0.130 e. The minimum atomic E-state index is -0.564. The molecule has 0 bridgehead atoms. The zero-order valence-corrected chi connectivity index (χ0v) is 11.0. The van der Waals surface area contributed by atoms with Crippen molar-refractivity contribution >= 4 is 0 Å². The number of hydrogen-bond donors (Lipinski definition) is 1. The van der Waals surface area contributed by atoms with Gasteiger partial charge in [0.15, 0.2) is 0 Å². The molecular weight excluding hydrogens is 248 g/mol. The van der Waals surface area contributed by atoms with Gasteiger partial charge in [0.1, 0.15) is 17.5 Å². The van der Waals surface area contributed by atoms with Gasteiger partial charge in [-0.15, -0.1) is 0 Å². The average molecular weight is 265 g/mol. The van der Waals surface area contributed by atoms with Crippen molar-refractivity contribution in [2.45, 2.75) is 25.9 Å². The molecule has 0 aliphatic rings. The third-order valence-corrected chi connectivity index (χ3v) is 3.22. The van der Waals surface area contributed by atoms with Gasteiger partial charge >= 0.3 is 0 Å². The van der Waals surface area contributed by atoms with E-state index < -0.39 is 11.6 Å². The van der Waals surface area contributed by atoms with Crippen molar-refractivity contribution in [3.63, 3.8) is 0 Å². The van der Waals surface area contributed by atoms with Crippen molar-refractivity contribution < 1.29 is 8.78 Å². The zero-order valence-electron chi connectivity index (χ0n) is 11.0. The molecule has 0 aliphatic carbocycles. The van der Waals surface area contributed by atoms with Crippen molar-refractivity contribution in [1.82, 2.24) is 14.9 Å². The van der Waals surface area contributed by atoms with E-state index in [0.717, 1.165) is 18.4 Å². The molecule has 0 spiro atoms. The highest BCUT2D eigenvalue weighted by Crippen LogP contribution is 2.21. The van der Waals surface area contributed by atoms with Crippen molar-refractivity contribution in [3.8, 4) is 0 Å². The molecule has 1 aromatic heterocycles. The second-order valence-electron chi connectivity index (χ2n) is 4.34. The van der Waals surface area contributed by atoms with Gasteiger partial charge in [-0.1, -0.05) is 6.07 Å². The highest BCUT2D eigenvalue weighted by molar-refractivity contribution is 5.23. The normalized spacial score (nSPS) is 12.6. The fourth-order valence-corrected chi connectivity index (χ4v) is 2.15. The Kier molecular flexibility index (Phi) is 4.27. The molecule has 0 amide bonds. The lowest BCUT2D eigenvalue weighted by Gasteiger charge is -2.17. The van der Waals surface area contributed by atoms with Gasteiger partial charge < -0.3 is 9.88 Å². The molecule has 0 radical (unpaired) electrons. The van der Waals surface area contributed by atoms with Crippen LogP contribution in [0.4, 0.5) is 8.78 Å². The van der Waals surface area contributed by atoms with Gasteiger partial charge in [-0.2, -0.15) is 0 Å². The summed E-state index contributed by atoms with van der Waals surface area (Å²) in [4.78, 5) is 4.27. The summed E-state index contributed by atoms with van der Waals surface area (Å²) in [5.74, 6) is -0.217. The second-order valence-corrected chi connectivity index (χ2v) is 4.34. The van der Waals surface area contributed by atoms with E-state index in [1.54, 1.807) is 13.2 Å².